The Kier molecular flexibility index (Phi) is 3.85. The number of aryl methyl sites for hydroxylation is 1. The van der Waals surface area contributed by atoms with Crippen LogP contribution in [0.5, 0.6) is 0 Å². The van der Waals surface area contributed by atoms with Crippen LogP contribution in [0, 0.1) is 0 Å². The Hall–Kier alpha value is -1.36. The first kappa shape index (κ1) is 11.7. The largest absolute Gasteiger partial charge is 0.462 e. The van der Waals surface area contributed by atoms with Gasteiger partial charge in [0.05, 0.1) is 12.3 Å². The Morgan fingerprint density at radius 3 is 2.80 bits per heavy atom. The number of aromatic nitrogens is 2. The molecule has 0 saturated heterocycles. The Morgan fingerprint density at radius 2 is 2.27 bits per heavy atom. The Labute approximate surface area is 89.6 Å². The van der Waals surface area contributed by atoms with Gasteiger partial charge in [0.15, 0.2) is 0 Å². The highest BCUT2D eigenvalue weighted by Crippen LogP contribution is 2.09. The van der Waals surface area contributed by atoms with Gasteiger partial charge >= 0.3 is 5.97 Å². The molecule has 5 nitrogen and oxygen atoms in total. The minimum atomic E-state index is -0.303. The third kappa shape index (κ3) is 3.06. The van der Waals surface area contributed by atoms with E-state index in [0.717, 1.165) is 5.69 Å². The summed E-state index contributed by atoms with van der Waals surface area (Å²) in [6, 6.07) is 0. The van der Waals surface area contributed by atoms with Gasteiger partial charge in [0.1, 0.15) is 5.56 Å². The lowest BCUT2D eigenvalue weighted by Gasteiger charge is -2.08. The first-order valence-corrected chi connectivity index (χ1v) is 4.89. The summed E-state index contributed by atoms with van der Waals surface area (Å²) in [5.41, 5.74) is 1.30. The van der Waals surface area contributed by atoms with Gasteiger partial charge in [0.25, 0.3) is 0 Å². The maximum Gasteiger partial charge on any atom is 0.341 e. The van der Waals surface area contributed by atoms with Crippen molar-refractivity contribution in [2.24, 2.45) is 7.05 Å². The minimum absolute atomic E-state index is 0.303. The van der Waals surface area contributed by atoms with Gasteiger partial charge in [-0.15, -0.1) is 0 Å². The number of carbonyl (C=O) groups is 1. The molecule has 0 aliphatic carbocycles. The molecule has 0 saturated carbocycles. The molecule has 0 N–H and O–H groups in total. The molecule has 1 aromatic rings. The number of esters is 1. The lowest BCUT2D eigenvalue weighted by molar-refractivity contribution is 0.0524. The van der Waals surface area contributed by atoms with E-state index >= 15 is 0 Å². The van der Waals surface area contributed by atoms with Crippen molar-refractivity contribution in [1.29, 1.82) is 0 Å². The Bertz CT molecular complexity index is 344. The quantitative estimate of drug-likeness (QED) is 0.686. The molecule has 84 valence electrons. The zero-order valence-corrected chi connectivity index (χ0v) is 9.65. The summed E-state index contributed by atoms with van der Waals surface area (Å²) >= 11 is 0. The van der Waals surface area contributed by atoms with E-state index in [1.54, 1.807) is 24.9 Å². The molecule has 15 heavy (non-hydrogen) atoms. The first-order valence-electron chi connectivity index (χ1n) is 4.89. The molecule has 1 aromatic heterocycles. The maximum absolute atomic E-state index is 11.6. The number of rotatable bonds is 4. The summed E-state index contributed by atoms with van der Waals surface area (Å²) in [6.45, 7) is 2.81. The van der Waals surface area contributed by atoms with Crippen LogP contribution in [0.4, 0.5) is 0 Å². The third-order valence-corrected chi connectivity index (χ3v) is 1.87. The summed E-state index contributed by atoms with van der Waals surface area (Å²) in [5, 5.41) is 4.23. The maximum atomic E-state index is 11.6. The molecule has 0 aliphatic heterocycles. The van der Waals surface area contributed by atoms with Gasteiger partial charge in [0.2, 0.25) is 0 Å². The summed E-state index contributed by atoms with van der Waals surface area (Å²) < 4.78 is 6.58. The van der Waals surface area contributed by atoms with E-state index in [-0.39, 0.29) is 5.97 Å². The van der Waals surface area contributed by atoms with E-state index < -0.39 is 0 Å². The van der Waals surface area contributed by atoms with E-state index in [0.29, 0.717) is 18.7 Å². The molecule has 0 spiro atoms. The van der Waals surface area contributed by atoms with E-state index in [2.05, 4.69) is 5.10 Å². The first-order chi connectivity index (χ1) is 7.04. The van der Waals surface area contributed by atoms with E-state index in [1.807, 2.05) is 19.0 Å². The van der Waals surface area contributed by atoms with Crippen molar-refractivity contribution in [2.45, 2.75) is 13.5 Å². The van der Waals surface area contributed by atoms with Crippen molar-refractivity contribution in [3.63, 3.8) is 0 Å². The SMILES string of the molecule is CCOC(=O)c1cn(C)nc1CN(C)C. The van der Waals surface area contributed by atoms with Crippen LogP contribution >= 0.6 is 0 Å². The van der Waals surface area contributed by atoms with Crippen LogP contribution in [0.2, 0.25) is 0 Å². The topological polar surface area (TPSA) is 47.4 Å². The molecule has 0 amide bonds. The average molecular weight is 211 g/mol. The second kappa shape index (κ2) is 4.93. The van der Waals surface area contributed by atoms with Crippen LogP contribution in [-0.4, -0.2) is 41.4 Å². The molecule has 1 rings (SSSR count). The minimum Gasteiger partial charge on any atom is -0.462 e. The molecule has 0 atom stereocenters. The smallest absolute Gasteiger partial charge is 0.341 e. The molecular formula is C10H17N3O2. The van der Waals surface area contributed by atoms with Gasteiger partial charge in [-0.25, -0.2) is 4.79 Å². The molecule has 0 fully saturated rings. The second-order valence-electron chi connectivity index (χ2n) is 3.62. The van der Waals surface area contributed by atoms with Crippen LogP contribution in [0.25, 0.3) is 0 Å². The predicted molar refractivity (Wildman–Crippen MR) is 56.6 cm³/mol. The fourth-order valence-electron chi connectivity index (χ4n) is 1.33. The van der Waals surface area contributed by atoms with E-state index in [1.165, 1.54) is 0 Å². The van der Waals surface area contributed by atoms with Gasteiger partial charge in [-0.05, 0) is 21.0 Å². The molecule has 1 heterocycles. The molecule has 0 bridgehead atoms. The summed E-state index contributed by atoms with van der Waals surface area (Å²) in [6.07, 6.45) is 1.69. The summed E-state index contributed by atoms with van der Waals surface area (Å²) in [5.74, 6) is -0.303. The predicted octanol–water partition coefficient (Wildman–Crippen LogP) is 0.658. The highest BCUT2D eigenvalue weighted by molar-refractivity contribution is 5.90. The molecular weight excluding hydrogens is 194 g/mol. The number of nitrogens with zero attached hydrogens (tertiary/aromatic N) is 3. The fourth-order valence-corrected chi connectivity index (χ4v) is 1.33. The highest BCUT2D eigenvalue weighted by Gasteiger charge is 2.16. The van der Waals surface area contributed by atoms with Crippen LogP contribution in [0.3, 0.4) is 0 Å². The second-order valence-corrected chi connectivity index (χ2v) is 3.62. The van der Waals surface area contributed by atoms with Crippen molar-refractivity contribution in [3.05, 3.63) is 17.5 Å². The van der Waals surface area contributed by atoms with Crippen molar-refractivity contribution >= 4 is 5.97 Å². The molecule has 0 unspecified atom stereocenters. The van der Waals surface area contributed by atoms with Crippen molar-refractivity contribution in [2.75, 3.05) is 20.7 Å². The lowest BCUT2D eigenvalue weighted by atomic mass is 10.2. The number of ether oxygens (including phenoxy) is 1. The summed E-state index contributed by atoms with van der Waals surface area (Å²) in [4.78, 5) is 13.5. The van der Waals surface area contributed by atoms with Crippen molar-refractivity contribution in [1.82, 2.24) is 14.7 Å². The Balaban J connectivity index is 2.90. The van der Waals surface area contributed by atoms with Crippen LogP contribution in [-0.2, 0) is 18.3 Å². The zero-order chi connectivity index (χ0) is 11.4. The normalized spacial score (nSPS) is 10.7. The molecule has 5 heteroatoms. The fraction of sp³-hybridized carbons (Fsp3) is 0.600. The van der Waals surface area contributed by atoms with Crippen molar-refractivity contribution < 1.29 is 9.53 Å². The third-order valence-electron chi connectivity index (χ3n) is 1.87. The molecule has 0 radical (unpaired) electrons. The van der Waals surface area contributed by atoms with Gasteiger partial charge in [-0.2, -0.15) is 5.10 Å². The van der Waals surface area contributed by atoms with Gasteiger partial charge in [0, 0.05) is 19.8 Å². The molecule has 0 aromatic carbocycles. The molecule has 0 aliphatic rings. The van der Waals surface area contributed by atoms with E-state index in [4.69, 9.17) is 4.74 Å². The van der Waals surface area contributed by atoms with Crippen LogP contribution < -0.4 is 0 Å². The number of hydrogen-bond acceptors (Lipinski definition) is 4. The highest BCUT2D eigenvalue weighted by atomic mass is 16.5. The zero-order valence-electron chi connectivity index (χ0n) is 9.65. The van der Waals surface area contributed by atoms with Crippen LogP contribution in [0.1, 0.15) is 23.0 Å². The Morgan fingerprint density at radius 1 is 1.60 bits per heavy atom. The van der Waals surface area contributed by atoms with Gasteiger partial charge in [-0.1, -0.05) is 0 Å². The number of hydrogen-bond donors (Lipinski definition) is 0. The van der Waals surface area contributed by atoms with Gasteiger partial charge in [-0.3, -0.25) is 4.68 Å². The van der Waals surface area contributed by atoms with Crippen LogP contribution in [0.15, 0.2) is 6.20 Å². The van der Waals surface area contributed by atoms with E-state index in [9.17, 15) is 4.79 Å². The number of carbonyl (C=O) groups excluding carboxylic acids is 1. The van der Waals surface area contributed by atoms with Gasteiger partial charge < -0.3 is 9.64 Å². The standard InChI is InChI=1S/C10H17N3O2/c1-5-15-10(14)8-6-13(4)11-9(8)7-12(2)3/h6H,5,7H2,1-4H3. The summed E-state index contributed by atoms with van der Waals surface area (Å²) in [7, 11) is 5.66. The van der Waals surface area contributed by atoms with Crippen molar-refractivity contribution in [3.8, 4) is 0 Å². The lowest BCUT2D eigenvalue weighted by Crippen LogP contribution is -2.15. The monoisotopic (exact) mass is 211 g/mol. The average Bonchev–Trinajstić information content (AvgIpc) is 2.46.